The summed E-state index contributed by atoms with van der Waals surface area (Å²) in [5, 5.41) is 6.04. The normalized spacial score (nSPS) is 11.8. The molecule has 3 aromatic heterocycles. The van der Waals surface area contributed by atoms with Crippen LogP contribution in [-0.2, 0) is 13.0 Å². The van der Waals surface area contributed by atoms with Gasteiger partial charge in [-0.05, 0) is 37.8 Å². The van der Waals surface area contributed by atoms with E-state index in [2.05, 4.69) is 15.1 Å². The Bertz CT molecular complexity index is 1260. The molecule has 1 aromatic carbocycles. The van der Waals surface area contributed by atoms with Crippen LogP contribution in [0.15, 0.2) is 35.4 Å². The molecule has 7 nitrogen and oxygen atoms in total. The minimum Gasteiger partial charge on any atom is -0.383 e. The molecule has 28 heavy (non-hydrogen) atoms. The Morgan fingerprint density at radius 1 is 1.21 bits per heavy atom. The summed E-state index contributed by atoms with van der Waals surface area (Å²) in [7, 11) is 0. The quantitative estimate of drug-likeness (QED) is 0.587. The van der Waals surface area contributed by atoms with Crippen molar-refractivity contribution in [1.82, 2.24) is 24.3 Å². The van der Waals surface area contributed by atoms with Crippen molar-refractivity contribution >= 4 is 27.6 Å². The van der Waals surface area contributed by atoms with Gasteiger partial charge >= 0.3 is 0 Å². The molecule has 4 aromatic rings. The fraction of sp³-hybridized carbons (Fsp3) is 0.300. The number of anilines is 1. The van der Waals surface area contributed by atoms with Crippen molar-refractivity contribution in [3.8, 4) is 0 Å². The van der Waals surface area contributed by atoms with Gasteiger partial charge in [-0.15, -0.1) is 0 Å². The van der Waals surface area contributed by atoms with E-state index in [1.165, 1.54) is 12.4 Å². The highest BCUT2D eigenvalue weighted by Crippen LogP contribution is 2.24. The zero-order valence-corrected chi connectivity index (χ0v) is 16.0. The number of aryl methyl sites for hydroxylation is 1. The minimum atomic E-state index is -0.512. The van der Waals surface area contributed by atoms with Gasteiger partial charge in [-0.2, -0.15) is 5.10 Å². The number of hydrogen-bond donors (Lipinski definition) is 1. The van der Waals surface area contributed by atoms with Gasteiger partial charge in [-0.3, -0.25) is 4.79 Å². The van der Waals surface area contributed by atoms with E-state index < -0.39 is 5.82 Å². The van der Waals surface area contributed by atoms with Crippen molar-refractivity contribution in [1.29, 1.82) is 0 Å². The van der Waals surface area contributed by atoms with Crippen LogP contribution < -0.4 is 11.3 Å². The van der Waals surface area contributed by atoms with Crippen LogP contribution in [0.2, 0.25) is 0 Å². The molecule has 3 heterocycles. The molecule has 0 amide bonds. The highest BCUT2D eigenvalue weighted by atomic mass is 19.1. The molecule has 0 fully saturated rings. The first-order chi connectivity index (χ1) is 13.4. The number of benzene rings is 1. The second kappa shape index (κ2) is 6.70. The summed E-state index contributed by atoms with van der Waals surface area (Å²) >= 11 is 0. The lowest BCUT2D eigenvalue weighted by molar-refractivity contribution is 0.530. The van der Waals surface area contributed by atoms with E-state index in [1.54, 1.807) is 21.4 Å². The summed E-state index contributed by atoms with van der Waals surface area (Å²) in [6.07, 6.45) is 2.08. The second-order valence-corrected chi connectivity index (χ2v) is 7.02. The smallest absolute Gasteiger partial charge is 0.261 e. The van der Waals surface area contributed by atoms with Crippen LogP contribution >= 0.6 is 0 Å². The van der Waals surface area contributed by atoms with Crippen molar-refractivity contribution < 1.29 is 4.39 Å². The molecule has 2 N–H and O–H groups in total. The molecule has 0 spiro atoms. The predicted octanol–water partition coefficient (Wildman–Crippen LogP) is 3.05. The summed E-state index contributed by atoms with van der Waals surface area (Å²) < 4.78 is 17.6. The molecule has 4 rings (SSSR count). The van der Waals surface area contributed by atoms with Gasteiger partial charge in [0.25, 0.3) is 5.56 Å². The molecule has 0 aliphatic rings. The van der Waals surface area contributed by atoms with Crippen molar-refractivity contribution in [2.24, 2.45) is 0 Å². The van der Waals surface area contributed by atoms with E-state index >= 15 is 0 Å². The van der Waals surface area contributed by atoms with Gasteiger partial charge < -0.3 is 10.3 Å². The lowest BCUT2D eigenvalue weighted by Crippen LogP contribution is -2.27. The van der Waals surface area contributed by atoms with E-state index in [1.807, 2.05) is 26.8 Å². The van der Waals surface area contributed by atoms with Crippen LogP contribution in [0.5, 0.6) is 0 Å². The molecule has 144 valence electrons. The van der Waals surface area contributed by atoms with Gasteiger partial charge in [-0.25, -0.2) is 19.0 Å². The lowest BCUT2D eigenvalue weighted by atomic mass is 10.1. The van der Waals surface area contributed by atoms with E-state index in [9.17, 15) is 9.18 Å². The SMILES string of the molecule is CCc1nn(Cc2cc3cccc(F)c3c(=O)n2C(C)C)c2ncnc(N)c12. The first-order valence-electron chi connectivity index (χ1n) is 9.20. The molecular weight excluding hydrogens is 359 g/mol. The molecule has 0 bridgehead atoms. The first kappa shape index (κ1) is 18.1. The number of halogens is 1. The van der Waals surface area contributed by atoms with Gasteiger partial charge in [0, 0.05) is 11.7 Å². The number of nitrogens with two attached hydrogens (primary N) is 1. The average molecular weight is 380 g/mol. The van der Waals surface area contributed by atoms with Gasteiger partial charge in [0.15, 0.2) is 5.65 Å². The highest BCUT2D eigenvalue weighted by Gasteiger charge is 2.18. The van der Waals surface area contributed by atoms with Crippen molar-refractivity contribution in [3.63, 3.8) is 0 Å². The Balaban J connectivity index is 1.96. The zero-order chi connectivity index (χ0) is 20.0. The number of rotatable bonds is 4. The number of hydrogen-bond acceptors (Lipinski definition) is 5. The number of pyridine rings is 1. The van der Waals surface area contributed by atoms with Gasteiger partial charge in [0.05, 0.1) is 23.0 Å². The summed E-state index contributed by atoms with van der Waals surface area (Å²) in [5.41, 5.74) is 7.83. The summed E-state index contributed by atoms with van der Waals surface area (Å²) in [5.74, 6) is -0.128. The maximum Gasteiger partial charge on any atom is 0.261 e. The van der Waals surface area contributed by atoms with E-state index in [4.69, 9.17) is 5.73 Å². The van der Waals surface area contributed by atoms with Crippen LogP contribution in [-0.4, -0.2) is 24.3 Å². The Morgan fingerprint density at radius 2 is 2.00 bits per heavy atom. The molecule has 0 atom stereocenters. The van der Waals surface area contributed by atoms with Crippen molar-refractivity contribution in [2.75, 3.05) is 5.73 Å². The third-order valence-electron chi connectivity index (χ3n) is 4.90. The molecule has 8 heteroatoms. The van der Waals surface area contributed by atoms with Crippen molar-refractivity contribution in [2.45, 2.75) is 39.8 Å². The summed E-state index contributed by atoms with van der Waals surface area (Å²) in [4.78, 5) is 21.4. The molecule has 0 radical (unpaired) electrons. The van der Waals surface area contributed by atoms with E-state index in [0.29, 0.717) is 29.8 Å². The fourth-order valence-corrected chi connectivity index (χ4v) is 3.69. The molecule has 0 saturated carbocycles. The molecule has 0 saturated heterocycles. The topological polar surface area (TPSA) is 91.6 Å². The van der Waals surface area contributed by atoms with Gasteiger partial charge in [0.2, 0.25) is 0 Å². The molecular formula is C20H21FN6O. The zero-order valence-electron chi connectivity index (χ0n) is 16.0. The average Bonchev–Trinajstić information content (AvgIpc) is 3.00. The maximum atomic E-state index is 14.3. The highest BCUT2D eigenvalue weighted by molar-refractivity contribution is 5.88. The number of fused-ring (bicyclic) bond motifs is 2. The van der Waals surface area contributed by atoms with Crippen LogP contribution in [0, 0.1) is 5.82 Å². The van der Waals surface area contributed by atoms with Gasteiger partial charge in [-0.1, -0.05) is 19.1 Å². The third kappa shape index (κ3) is 2.72. The van der Waals surface area contributed by atoms with Crippen LogP contribution in [0.3, 0.4) is 0 Å². The second-order valence-electron chi connectivity index (χ2n) is 7.02. The molecule has 0 aliphatic carbocycles. The summed E-state index contributed by atoms with van der Waals surface area (Å²) in [6.45, 7) is 6.10. The Morgan fingerprint density at radius 3 is 2.71 bits per heavy atom. The monoisotopic (exact) mass is 380 g/mol. The van der Waals surface area contributed by atoms with Crippen LogP contribution in [0.25, 0.3) is 21.8 Å². The third-order valence-corrected chi connectivity index (χ3v) is 4.90. The summed E-state index contributed by atoms with van der Waals surface area (Å²) in [6, 6.07) is 6.35. The Labute approximate surface area is 160 Å². The van der Waals surface area contributed by atoms with Crippen molar-refractivity contribution in [3.05, 3.63) is 58.2 Å². The number of nitrogens with zero attached hydrogens (tertiary/aromatic N) is 5. The fourth-order valence-electron chi connectivity index (χ4n) is 3.69. The van der Waals surface area contributed by atoms with Gasteiger partial charge in [0.1, 0.15) is 18.0 Å². The largest absolute Gasteiger partial charge is 0.383 e. The standard InChI is InChI=1S/C20H21FN6O/c1-4-15-17-18(22)23-10-24-19(17)26(25-15)9-13-8-12-6-5-7-14(21)16(12)20(28)27(13)11(2)3/h5-8,10-11H,4,9H2,1-3H3,(H2,22,23,24). The maximum absolute atomic E-state index is 14.3. The van der Waals surface area contributed by atoms with E-state index in [0.717, 1.165) is 16.8 Å². The predicted molar refractivity (Wildman–Crippen MR) is 107 cm³/mol. The number of aromatic nitrogens is 5. The Kier molecular flexibility index (Phi) is 4.33. The van der Waals surface area contributed by atoms with E-state index in [-0.39, 0.29) is 17.0 Å². The lowest BCUT2D eigenvalue weighted by Gasteiger charge is -2.18. The Hall–Kier alpha value is -3.29. The molecule has 0 aliphatic heterocycles. The first-order valence-corrected chi connectivity index (χ1v) is 9.20. The number of nitrogen functional groups attached to an aromatic ring is 1. The van der Waals surface area contributed by atoms with Crippen LogP contribution in [0.4, 0.5) is 10.2 Å². The molecule has 0 unspecified atom stereocenters. The van der Waals surface area contributed by atoms with Crippen LogP contribution in [0.1, 0.15) is 38.2 Å². The minimum absolute atomic E-state index is 0.103.